The second-order valence-electron chi connectivity index (χ2n) is 5.87. The van der Waals surface area contributed by atoms with Crippen LogP contribution in [0.4, 0.5) is 0 Å². The lowest BCUT2D eigenvalue weighted by Gasteiger charge is -2.07. The van der Waals surface area contributed by atoms with Gasteiger partial charge in [-0.2, -0.15) is 0 Å². The van der Waals surface area contributed by atoms with Crippen LogP contribution in [0.3, 0.4) is 0 Å². The van der Waals surface area contributed by atoms with Gasteiger partial charge in [0.15, 0.2) is 5.82 Å². The van der Waals surface area contributed by atoms with E-state index >= 15 is 0 Å². The number of nitrogens with zero attached hydrogens (tertiary/aromatic N) is 5. The van der Waals surface area contributed by atoms with Crippen molar-refractivity contribution < 1.29 is 4.42 Å². The quantitative estimate of drug-likeness (QED) is 0.354. The molecule has 7 nitrogen and oxygen atoms in total. The number of nitrogens with two attached hydrogens (primary N) is 1. The summed E-state index contributed by atoms with van der Waals surface area (Å²) >= 11 is 13.5. The number of hydrogen-bond donors (Lipinski definition) is 1. The Morgan fingerprint density at radius 2 is 1.82 bits per heavy atom. The minimum absolute atomic E-state index is 0.176. The molecule has 10 heteroatoms. The molecule has 2 N–H and O–H groups in total. The minimum Gasteiger partial charge on any atom is -0.419 e. The van der Waals surface area contributed by atoms with Crippen LogP contribution in [0.1, 0.15) is 18.1 Å². The Balaban J connectivity index is 1.55. The summed E-state index contributed by atoms with van der Waals surface area (Å²) in [4.78, 5) is 0. The average Bonchev–Trinajstić information content (AvgIpc) is 3.31. The highest BCUT2D eigenvalue weighted by molar-refractivity contribution is 7.99. The number of nitrogen functional groups attached to an aromatic ring is 1. The number of thioether (sulfide) groups is 1. The number of rotatable bonds is 5. The standard InChI is InChI=1S/C18H14Cl2N6OS/c1-10(16-23-24-17(27-16)11-5-3-2-4-6-11)28-18-25-22-15(26(18)21)13-8-7-12(19)9-14(13)20/h2-10H,21H2,1H3/t10-/m0/s1. The van der Waals surface area contributed by atoms with Crippen LogP contribution in [0.2, 0.25) is 10.0 Å². The molecule has 0 saturated carbocycles. The van der Waals surface area contributed by atoms with E-state index in [1.807, 2.05) is 37.3 Å². The van der Waals surface area contributed by atoms with E-state index in [4.69, 9.17) is 33.5 Å². The third-order valence-electron chi connectivity index (χ3n) is 3.93. The zero-order valence-corrected chi connectivity index (χ0v) is 16.9. The van der Waals surface area contributed by atoms with Crippen molar-refractivity contribution in [2.24, 2.45) is 0 Å². The van der Waals surface area contributed by atoms with Crippen molar-refractivity contribution in [1.82, 2.24) is 25.1 Å². The lowest BCUT2D eigenvalue weighted by Crippen LogP contribution is -2.12. The summed E-state index contributed by atoms with van der Waals surface area (Å²) in [6.45, 7) is 1.93. The molecule has 0 unspecified atom stereocenters. The molecule has 0 radical (unpaired) electrons. The topological polar surface area (TPSA) is 95.7 Å². The number of aromatic nitrogens is 5. The molecule has 142 valence electrons. The highest BCUT2D eigenvalue weighted by atomic mass is 35.5. The largest absolute Gasteiger partial charge is 0.419 e. The number of hydrogen-bond acceptors (Lipinski definition) is 7. The highest BCUT2D eigenvalue weighted by Gasteiger charge is 2.21. The molecule has 2 heterocycles. The van der Waals surface area contributed by atoms with Crippen molar-refractivity contribution in [2.75, 3.05) is 5.84 Å². The van der Waals surface area contributed by atoms with E-state index in [1.54, 1.807) is 18.2 Å². The summed E-state index contributed by atoms with van der Waals surface area (Å²) in [5.41, 5.74) is 1.50. The van der Waals surface area contributed by atoms with Crippen molar-refractivity contribution in [3.63, 3.8) is 0 Å². The molecule has 0 aliphatic rings. The molecule has 0 bridgehead atoms. The average molecular weight is 433 g/mol. The molecule has 0 aliphatic carbocycles. The second-order valence-corrected chi connectivity index (χ2v) is 8.02. The van der Waals surface area contributed by atoms with Gasteiger partial charge in [0.25, 0.3) is 0 Å². The zero-order chi connectivity index (χ0) is 19.7. The summed E-state index contributed by atoms with van der Waals surface area (Å²) < 4.78 is 7.17. The fourth-order valence-corrected chi connectivity index (χ4v) is 3.81. The molecule has 4 rings (SSSR count). The van der Waals surface area contributed by atoms with Gasteiger partial charge < -0.3 is 10.3 Å². The maximum absolute atomic E-state index is 6.25. The van der Waals surface area contributed by atoms with Crippen LogP contribution in [0.5, 0.6) is 0 Å². The van der Waals surface area contributed by atoms with E-state index < -0.39 is 0 Å². The van der Waals surface area contributed by atoms with Gasteiger partial charge in [0.05, 0.1) is 10.3 Å². The molecular weight excluding hydrogens is 419 g/mol. The van der Waals surface area contributed by atoms with E-state index in [-0.39, 0.29) is 5.25 Å². The van der Waals surface area contributed by atoms with E-state index in [1.165, 1.54) is 16.4 Å². The molecule has 1 atom stereocenters. The third-order valence-corrected chi connectivity index (χ3v) is 5.52. The molecule has 2 aromatic carbocycles. The molecule has 28 heavy (non-hydrogen) atoms. The molecule has 2 aromatic heterocycles. The molecule has 0 aliphatic heterocycles. The lowest BCUT2D eigenvalue weighted by molar-refractivity contribution is 0.509. The van der Waals surface area contributed by atoms with E-state index in [9.17, 15) is 0 Å². The highest BCUT2D eigenvalue weighted by Crippen LogP contribution is 2.36. The summed E-state index contributed by atoms with van der Waals surface area (Å²) in [6, 6.07) is 14.7. The fraction of sp³-hybridized carbons (Fsp3) is 0.111. The SMILES string of the molecule is C[C@H](Sc1nnc(-c2ccc(Cl)cc2Cl)n1N)c1nnc(-c2ccccc2)o1. The van der Waals surface area contributed by atoms with Gasteiger partial charge in [-0.05, 0) is 37.3 Å². The van der Waals surface area contributed by atoms with Gasteiger partial charge in [-0.25, -0.2) is 4.68 Å². The maximum atomic E-state index is 6.25. The van der Waals surface area contributed by atoms with Crippen LogP contribution in [0.15, 0.2) is 58.1 Å². The first kappa shape index (κ1) is 18.8. The van der Waals surface area contributed by atoms with Gasteiger partial charge in [-0.1, -0.05) is 53.2 Å². The maximum Gasteiger partial charge on any atom is 0.247 e. The summed E-state index contributed by atoms with van der Waals surface area (Å²) in [7, 11) is 0. The van der Waals surface area contributed by atoms with Crippen molar-refractivity contribution in [1.29, 1.82) is 0 Å². The van der Waals surface area contributed by atoms with Crippen LogP contribution in [-0.4, -0.2) is 25.1 Å². The monoisotopic (exact) mass is 432 g/mol. The first-order valence-electron chi connectivity index (χ1n) is 8.24. The molecule has 0 amide bonds. The van der Waals surface area contributed by atoms with Gasteiger partial charge in [0, 0.05) is 16.1 Å². The summed E-state index contributed by atoms with van der Waals surface area (Å²) in [5.74, 6) is 7.55. The van der Waals surface area contributed by atoms with Crippen molar-refractivity contribution in [2.45, 2.75) is 17.3 Å². The predicted molar refractivity (Wildman–Crippen MR) is 110 cm³/mol. The van der Waals surface area contributed by atoms with E-state index in [0.717, 1.165) is 5.56 Å². The van der Waals surface area contributed by atoms with Crippen molar-refractivity contribution >= 4 is 35.0 Å². The first-order chi connectivity index (χ1) is 13.5. The Morgan fingerprint density at radius 1 is 1.04 bits per heavy atom. The number of benzene rings is 2. The Bertz CT molecular complexity index is 1110. The predicted octanol–water partition coefficient (Wildman–Crippen LogP) is 4.87. The minimum atomic E-state index is -0.176. The van der Waals surface area contributed by atoms with Gasteiger partial charge in [0.1, 0.15) is 0 Å². The third kappa shape index (κ3) is 3.71. The second kappa shape index (κ2) is 7.83. The molecule has 0 saturated heterocycles. The van der Waals surface area contributed by atoms with Crippen LogP contribution in [0, 0.1) is 0 Å². The molecule has 0 fully saturated rings. The molecular formula is C18H14Cl2N6OS. The van der Waals surface area contributed by atoms with Crippen molar-refractivity contribution in [3.05, 3.63) is 64.5 Å². The Morgan fingerprint density at radius 3 is 2.57 bits per heavy atom. The van der Waals surface area contributed by atoms with Gasteiger partial charge in [-0.15, -0.1) is 20.4 Å². The van der Waals surface area contributed by atoms with Gasteiger partial charge >= 0.3 is 0 Å². The normalized spacial score (nSPS) is 12.2. The van der Waals surface area contributed by atoms with E-state index in [2.05, 4.69) is 20.4 Å². The van der Waals surface area contributed by atoms with Crippen LogP contribution < -0.4 is 5.84 Å². The van der Waals surface area contributed by atoms with Crippen LogP contribution in [0.25, 0.3) is 22.8 Å². The summed E-state index contributed by atoms with van der Waals surface area (Å²) in [6.07, 6.45) is 0. The van der Waals surface area contributed by atoms with Crippen molar-refractivity contribution in [3.8, 4) is 22.8 Å². The zero-order valence-electron chi connectivity index (χ0n) is 14.6. The molecule has 0 spiro atoms. The van der Waals surface area contributed by atoms with Gasteiger partial charge in [0.2, 0.25) is 16.9 Å². The van der Waals surface area contributed by atoms with Crippen LogP contribution in [-0.2, 0) is 0 Å². The molecule has 4 aromatic rings. The Kier molecular flexibility index (Phi) is 5.25. The fourth-order valence-electron chi connectivity index (χ4n) is 2.52. The lowest BCUT2D eigenvalue weighted by atomic mass is 10.2. The Labute approximate surface area is 174 Å². The van der Waals surface area contributed by atoms with Crippen LogP contribution >= 0.6 is 35.0 Å². The number of halogens is 2. The van der Waals surface area contributed by atoms with Gasteiger partial charge in [-0.3, -0.25) is 0 Å². The van der Waals surface area contributed by atoms with E-state index in [0.29, 0.717) is 38.4 Å². The summed E-state index contributed by atoms with van der Waals surface area (Å²) in [5, 5.41) is 17.8. The first-order valence-corrected chi connectivity index (χ1v) is 9.88. The Hall–Kier alpha value is -2.55. The smallest absolute Gasteiger partial charge is 0.247 e.